The quantitative estimate of drug-likeness (QED) is 0.544. The second-order valence-corrected chi connectivity index (χ2v) is 6.19. The van der Waals surface area contributed by atoms with Crippen LogP contribution in [0, 0.1) is 0 Å². The van der Waals surface area contributed by atoms with Gasteiger partial charge >= 0.3 is 0 Å². The molecule has 0 aliphatic carbocycles. The van der Waals surface area contributed by atoms with E-state index in [1.54, 1.807) is 0 Å². The SMILES string of the molecule is CC(Cc1ccccc1)NC(=O)c1cccc(/C=C\CCCC=O)c1. The minimum atomic E-state index is -0.0559. The summed E-state index contributed by atoms with van der Waals surface area (Å²) in [4.78, 5) is 22.7. The van der Waals surface area contributed by atoms with Gasteiger partial charge in [0.25, 0.3) is 5.91 Å². The molecule has 130 valence electrons. The molecule has 0 spiro atoms. The van der Waals surface area contributed by atoms with E-state index in [0.717, 1.165) is 31.1 Å². The van der Waals surface area contributed by atoms with Crippen LogP contribution < -0.4 is 5.32 Å². The van der Waals surface area contributed by atoms with E-state index in [-0.39, 0.29) is 11.9 Å². The van der Waals surface area contributed by atoms with Crippen LogP contribution in [0.1, 0.15) is 47.7 Å². The summed E-state index contributed by atoms with van der Waals surface area (Å²) in [5.74, 6) is -0.0559. The number of rotatable bonds is 9. The van der Waals surface area contributed by atoms with Crippen LogP contribution in [0.4, 0.5) is 0 Å². The molecule has 1 amide bonds. The molecule has 0 heterocycles. The second-order valence-electron chi connectivity index (χ2n) is 6.19. The molecule has 3 nitrogen and oxygen atoms in total. The zero-order valence-corrected chi connectivity index (χ0v) is 14.7. The average molecular weight is 335 g/mol. The molecule has 1 unspecified atom stereocenters. The topological polar surface area (TPSA) is 46.2 Å². The lowest BCUT2D eigenvalue weighted by Gasteiger charge is -2.14. The third kappa shape index (κ3) is 6.76. The molecule has 3 heteroatoms. The molecule has 0 radical (unpaired) electrons. The van der Waals surface area contributed by atoms with E-state index in [2.05, 4.69) is 17.4 Å². The third-order valence-electron chi connectivity index (χ3n) is 3.91. The molecule has 0 saturated carbocycles. The van der Waals surface area contributed by atoms with Gasteiger partial charge in [0, 0.05) is 18.0 Å². The first-order valence-corrected chi connectivity index (χ1v) is 8.74. The van der Waals surface area contributed by atoms with Crippen LogP contribution in [0.3, 0.4) is 0 Å². The number of hydrogen-bond acceptors (Lipinski definition) is 2. The fourth-order valence-corrected chi connectivity index (χ4v) is 2.65. The lowest BCUT2D eigenvalue weighted by molar-refractivity contribution is -0.107. The maximum Gasteiger partial charge on any atom is 0.251 e. The van der Waals surface area contributed by atoms with Crippen molar-refractivity contribution in [1.82, 2.24) is 5.32 Å². The molecule has 0 bridgehead atoms. The number of nitrogens with one attached hydrogen (secondary N) is 1. The number of aldehydes is 1. The Labute approximate surface area is 149 Å². The molecular weight excluding hydrogens is 310 g/mol. The van der Waals surface area contributed by atoms with Crippen molar-refractivity contribution in [3.8, 4) is 0 Å². The lowest BCUT2D eigenvalue weighted by Crippen LogP contribution is -2.34. The van der Waals surface area contributed by atoms with Crippen LogP contribution >= 0.6 is 0 Å². The van der Waals surface area contributed by atoms with Crippen molar-refractivity contribution in [3.05, 3.63) is 77.4 Å². The molecular formula is C22H25NO2. The molecule has 0 aliphatic rings. The van der Waals surface area contributed by atoms with E-state index < -0.39 is 0 Å². The standard InChI is InChI=1S/C22H25NO2/c1-18(16-19-10-6-4-7-11-19)23-22(25)21-14-9-13-20(17-21)12-5-2-3-8-15-24/h4-7,9-15,17-18H,2-3,8,16H2,1H3,(H,23,25)/b12-5-. The summed E-state index contributed by atoms with van der Waals surface area (Å²) >= 11 is 0. The summed E-state index contributed by atoms with van der Waals surface area (Å²) in [5.41, 5.74) is 2.87. The highest BCUT2D eigenvalue weighted by atomic mass is 16.1. The van der Waals surface area contributed by atoms with Gasteiger partial charge in [-0.25, -0.2) is 0 Å². The van der Waals surface area contributed by atoms with Crippen molar-refractivity contribution < 1.29 is 9.59 Å². The Hall–Kier alpha value is -2.68. The Bertz CT molecular complexity index is 707. The van der Waals surface area contributed by atoms with Crippen LogP contribution in [0.5, 0.6) is 0 Å². The molecule has 0 saturated heterocycles. The molecule has 1 atom stereocenters. The van der Waals surface area contributed by atoms with Gasteiger partial charge in [0.05, 0.1) is 0 Å². The van der Waals surface area contributed by atoms with Crippen molar-refractivity contribution in [3.63, 3.8) is 0 Å². The maximum atomic E-state index is 12.4. The number of carbonyl (C=O) groups is 2. The molecule has 0 aromatic heterocycles. The summed E-state index contributed by atoms with van der Waals surface area (Å²) in [6.45, 7) is 2.02. The number of hydrogen-bond donors (Lipinski definition) is 1. The summed E-state index contributed by atoms with van der Waals surface area (Å²) in [6.07, 6.45) is 8.10. The molecule has 2 aromatic carbocycles. The first-order chi connectivity index (χ1) is 12.2. The van der Waals surface area contributed by atoms with E-state index >= 15 is 0 Å². The van der Waals surface area contributed by atoms with Gasteiger partial charge in [-0.2, -0.15) is 0 Å². The van der Waals surface area contributed by atoms with Gasteiger partial charge in [0.15, 0.2) is 0 Å². The smallest absolute Gasteiger partial charge is 0.251 e. The van der Waals surface area contributed by atoms with E-state index in [9.17, 15) is 9.59 Å². The fourth-order valence-electron chi connectivity index (χ4n) is 2.65. The summed E-state index contributed by atoms with van der Waals surface area (Å²) < 4.78 is 0. The summed E-state index contributed by atoms with van der Waals surface area (Å²) in [6, 6.07) is 17.8. The van der Waals surface area contributed by atoms with Gasteiger partial charge in [0.1, 0.15) is 6.29 Å². The normalized spacial score (nSPS) is 12.0. The first-order valence-electron chi connectivity index (χ1n) is 8.74. The Morgan fingerprint density at radius 2 is 1.88 bits per heavy atom. The van der Waals surface area contributed by atoms with E-state index in [4.69, 9.17) is 0 Å². The maximum absolute atomic E-state index is 12.4. The molecule has 1 N–H and O–H groups in total. The van der Waals surface area contributed by atoms with Crippen molar-refractivity contribution in [1.29, 1.82) is 0 Å². The molecule has 2 rings (SSSR count). The van der Waals surface area contributed by atoms with Crippen molar-refractivity contribution >= 4 is 18.3 Å². The van der Waals surface area contributed by atoms with Crippen LogP contribution in [-0.4, -0.2) is 18.2 Å². The number of unbranched alkanes of at least 4 members (excludes halogenated alkanes) is 2. The predicted octanol–water partition coefficient (Wildman–Crippen LogP) is 4.43. The van der Waals surface area contributed by atoms with Gasteiger partial charge in [-0.05, 0) is 49.4 Å². The monoisotopic (exact) mass is 335 g/mol. The summed E-state index contributed by atoms with van der Waals surface area (Å²) in [7, 11) is 0. The van der Waals surface area contributed by atoms with Crippen LogP contribution in [-0.2, 0) is 11.2 Å². The fraction of sp³-hybridized carbons (Fsp3) is 0.273. The van der Waals surface area contributed by atoms with E-state index in [1.165, 1.54) is 5.56 Å². The van der Waals surface area contributed by atoms with Crippen LogP contribution in [0.25, 0.3) is 6.08 Å². The molecule has 0 aliphatic heterocycles. The highest BCUT2D eigenvalue weighted by molar-refractivity contribution is 5.94. The van der Waals surface area contributed by atoms with E-state index in [0.29, 0.717) is 12.0 Å². The van der Waals surface area contributed by atoms with Gasteiger partial charge in [-0.3, -0.25) is 4.79 Å². The lowest BCUT2D eigenvalue weighted by atomic mass is 10.1. The third-order valence-corrected chi connectivity index (χ3v) is 3.91. The Kier molecular flexibility index (Phi) is 7.64. The molecule has 25 heavy (non-hydrogen) atoms. The number of allylic oxidation sites excluding steroid dienone is 1. The zero-order chi connectivity index (χ0) is 17.9. The Morgan fingerprint density at radius 3 is 2.64 bits per heavy atom. The van der Waals surface area contributed by atoms with Crippen molar-refractivity contribution in [2.45, 2.75) is 38.6 Å². The highest BCUT2D eigenvalue weighted by Gasteiger charge is 2.10. The second kappa shape index (κ2) is 10.2. The largest absolute Gasteiger partial charge is 0.349 e. The average Bonchev–Trinajstić information content (AvgIpc) is 2.62. The van der Waals surface area contributed by atoms with Crippen LogP contribution in [0.2, 0.25) is 0 Å². The predicted molar refractivity (Wildman–Crippen MR) is 102 cm³/mol. The molecule has 0 fully saturated rings. The Balaban J connectivity index is 1.90. The zero-order valence-electron chi connectivity index (χ0n) is 14.7. The number of amides is 1. The van der Waals surface area contributed by atoms with Crippen molar-refractivity contribution in [2.24, 2.45) is 0 Å². The highest BCUT2D eigenvalue weighted by Crippen LogP contribution is 2.10. The minimum absolute atomic E-state index is 0.0559. The number of carbonyl (C=O) groups excluding carboxylic acids is 2. The van der Waals surface area contributed by atoms with Gasteiger partial charge in [0.2, 0.25) is 0 Å². The minimum Gasteiger partial charge on any atom is -0.349 e. The first kappa shape index (κ1) is 18.7. The van der Waals surface area contributed by atoms with Gasteiger partial charge in [-0.15, -0.1) is 0 Å². The van der Waals surface area contributed by atoms with E-state index in [1.807, 2.05) is 61.5 Å². The summed E-state index contributed by atoms with van der Waals surface area (Å²) in [5, 5.41) is 3.05. The van der Waals surface area contributed by atoms with Crippen LogP contribution in [0.15, 0.2) is 60.7 Å². The Morgan fingerprint density at radius 1 is 1.08 bits per heavy atom. The molecule has 2 aromatic rings. The van der Waals surface area contributed by atoms with Crippen molar-refractivity contribution in [2.75, 3.05) is 0 Å². The van der Waals surface area contributed by atoms with Gasteiger partial charge < -0.3 is 10.1 Å². The van der Waals surface area contributed by atoms with Gasteiger partial charge in [-0.1, -0.05) is 54.6 Å². The number of benzene rings is 2.